The molecule has 88 valence electrons. The van der Waals surface area contributed by atoms with Gasteiger partial charge in [-0.3, -0.25) is 15.2 Å². The lowest BCUT2D eigenvalue weighted by Crippen LogP contribution is -1.88. The normalized spacial score (nSPS) is 10.5. The molecule has 2 aromatic rings. The Morgan fingerprint density at radius 2 is 2.29 bits per heavy atom. The predicted molar refractivity (Wildman–Crippen MR) is 63.3 cm³/mol. The van der Waals surface area contributed by atoms with Crippen LogP contribution in [0.3, 0.4) is 0 Å². The van der Waals surface area contributed by atoms with Crippen molar-refractivity contribution in [1.82, 2.24) is 15.2 Å². The van der Waals surface area contributed by atoms with Crippen molar-refractivity contribution < 1.29 is 4.92 Å². The number of nitro groups is 1. The molecule has 6 nitrogen and oxygen atoms in total. The maximum Gasteiger partial charge on any atom is 0.270 e. The molecule has 0 atom stereocenters. The van der Waals surface area contributed by atoms with E-state index < -0.39 is 4.92 Å². The van der Waals surface area contributed by atoms with Gasteiger partial charge in [0.1, 0.15) is 5.82 Å². The summed E-state index contributed by atoms with van der Waals surface area (Å²) < 4.78 is 0. The highest BCUT2D eigenvalue weighted by molar-refractivity contribution is 7.99. The van der Waals surface area contributed by atoms with Crippen LogP contribution >= 0.6 is 23.4 Å². The smallest absolute Gasteiger partial charge is 0.262 e. The Morgan fingerprint density at radius 1 is 1.53 bits per heavy atom. The number of benzene rings is 1. The maximum absolute atomic E-state index is 10.5. The average molecular weight is 271 g/mol. The minimum atomic E-state index is -0.489. The van der Waals surface area contributed by atoms with Gasteiger partial charge in [-0.15, -0.1) is 5.10 Å². The Bertz CT molecular complexity index is 572. The lowest BCUT2D eigenvalue weighted by atomic mass is 10.3. The second-order valence-corrected chi connectivity index (χ2v) is 4.59. The number of rotatable bonds is 3. The molecule has 0 aliphatic rings. The van der Waals surface area contributed by atoms with Crippen LogP contribution in [-0.4, -0.2) is 20.1 Å². The van der Waals surface area contributed by atoms with Crippen LogP contribution in [0.5, 0.6) is 0 Å². The lowest BCUT2D eigenvalue weighted by Gasteiger charge is -2.00. The van der Waals surface area contributed by atoms with E-state index in [-0.39, 0.29) is 5.69 Å². The largest absolute Gasteiger partial charge is 0.270 e. The Labute approximate surface area is 106 Å². The maximum atomic E-state index is 10.5. The van der Waals surface area contributed by atoms with Crippen molar-refractivity contribution in [2.45, 2.75) is 17.0 Å². The van der Waals surface area contributed by atoms with E-state index in [2.05, 4.69) is 15.2 Å². The van der Waals surface area contributed by atoms with Crippen LogP contribution in [0.2, 0.25) is 5.02 Å². The van der Waals surface area contributed by atoms with Gasteiger partial charge in [0.05, 0.1) is 9.95 Å². The third-order valence-corrected chi connectivity index (χ3v) is 3.27. The number of aromatic amines is 1. The zero-order valence-electron chi connectivity index (χ0n) is 8.68. The SMILES string of the molecule is Cc1nc(Sc2ccc([N+](=O)[O-])cc2Cl)n[nH]1. The summed E-state index contributed by atoms with van der Waals surface area (Å²) >= 11 is 7.19. The molecule has 0 unspecified atom stereocenters. The lowest BCUT2D eigenvalue weighted by molar-refractivity contribution is -0.384. The van der Waals surface area contributed by atoms with Crippen molar-refractivity contribution in [2.75, 3.05) is 0 Å². The monoisotopic (exact) mass is 270 g/mol. The van der Waals surface area contributed by atoms with E-state index in [1.807, 2.05) is 0 Å². The molecule has 0 fully saturated rings. The van der Waals surface area contributed by atoms with Crippen molar-refractivity contribution in [3.05, 3.63) is 39.2 Å². The standard InChI is InChI=1S/C9H7ClN4O2S/c1-5-11-9(13-12-5)17-8-3-2-6(14(15)16)4-7(8)10/h2-4H,1H3,(H,11,12,13). The number of H-pyrrole nitrogens is 1. The van der Waals surface area contributed by atoms with Crippen LogP contribution in [0.1, 0.15) is 5.82 Å². The molecule has 0 amide bonds. The van der Waals surface area contributed by atoms with E-state index >= 15 is 0 Å². The molecule has 0 spiro atoms. The molecule has 17 heavy (non-hydrogen) atoms. The van der Waals surface area contributed by atoms with E-state index in [4.69, 9.17) is 11.6 Å². The first kappa shape index (κ1) is 11.9. The molecule has 8 heteroatoms. The molecule has 1 aromatic carbocycles. The molecular weight excluding hydrogens is 264 g/mol. The number of aryl methyl sites for hydroxylation is 1. The number of nitrogens with zero attached hydrogens (tertiary/aromatic N) is 3. The van der Waals surface area contributed by atoms with Crippen LogP contribution in [0, 0.1) is 17.0 Å². The number of nitro benzene ring substituents is 1. The highest BCUT2D eigenvalue weighted by Gasteiger charge is 2.11. The minimum Gasteiger partial charge on any atom is -0.262 e. The summed E-state index contributed by atoms with van der Waals surface area (Å²) in [5.41, 5.74) is -0.0366. The molecule has 1 heterocycles. The van der Waals surface area contributed by atoms with Crippen molar-refractivity contribution in [2.24, 2.45) is 0 Å². The summed E-state index contributed by atoms with van der Waals surface area (Å²) in [6.45, 7) is 1.79. The number of aromatic nitrogens is 3. The van der Waals surface area contributed by atoms with Gasteiger partial charge in [-0.25, -0.2) is 4.98 Å². The van der Waals surface area contributed by atoms with Crippen LogP contribution in [0.15, 0.2) is 28.3 Å². The summed E-state index contributed by atoms with van der Waals surface area (Å²) in [5, 5.41) is 18.0. The zero-order chi connectivity index (χ0) is 12.4. The number of hydrogen-bond donors (Lipinski definition) is 1. The number of hydrogen-bond acceptors (Lipinski definition) is 5. The number of halogens is 1. The Kier molecular flexibility index (Phi) is 3.30. The first-order chi connectivity index (χ1) is 8.06. The van der Waals surface area contributed by atoms with Gasteiger partial charge in [0.2, 0.25) is 5.16 Å². The fourth-order valence-electron chi connectivity index (χ4n) is 1.15. The highest BCUT2D eigenvalue weighted by atomic mass is 35.5. The fourth-order valence-corrected chi connectivity index (χ4v) is 2.21. The van der Waals surface area contributed by atoms with E-state index in [1.165, 1.54) is 23.9 Å². The Hall–Kier alpha value is -1.60. The first-order valence-electron chi connectivity index (χ1n) is 4.57. The van der Waals surface area contributed by atoms with E-state index in [0.717, 1.165) is 0 Å². The summed E-state index contributed by atoms with van der Waals surface area (Å²) in [6, 6.07) is 4.29. The molecule has 0 bridgehead atoms. The molecule has 2 rings (SSSR count). The number of non-ortho nitro benzene ring substituents is 1. The van der Waals surface area contributed by atoms with Gasteiger partial charge in [0.15, 0.2) is 0 Å². The second kappa shape index (κ2) is 4.72. The molecule has 0 aliphatic heterocycles. The molecule has 0 saturated heterocycles. The van der Waals surface area contributed by atoms with Gasteiger partial charge >= 0.3 is 0 Å². The third-order valence-electron chi connectivity index (χ3n) is 1.90. The topological polar surface area (TPSA) is 84.7 Å². The quantitative estimate of drug-likeness (QED) is 0.685. The first-order valence-corrected chi connectivity index (χ1v) is 5.76. The van der Waals surface area contributed by atoms with E-state index in [1.54, 1.807) is 13.0 Å². The van der Waals surface area contributed by atoms with E-state index in [0.29, 0.717) is 20.9 Å². The van der Waals surface area contributed by atoms with Crippen molar-refractivity contribution >= 4 is 29.1 Å². The van der Waals surface area contributed by atoms with Crippen molar-refractivity contribution in [3.63, 3.8) is 0 Å². The average Bonchev–Trinajstić information content (AvgIpc) is 2.67. The van der Waals surface area contributed by atoms with Crippen molar-refractivity contribution in [1.29, 1.82) is 0 Å². The summed E-state index contributed by atoms with van der Waals surface area (Å²) in [4.78, 5) is 14.8. The van der Waals surface area contributed by atoms with Gasteiger partial charge < -0.3 is 0 Å². The molecule has 0 aliphatic carbocycles. The van der Waals surface area contributed by atoms with Gasteiger partial charge in [0.25, 0.3) is 5.69 Å². The zero-order valence-corrected chi connectivity index (χ0v) is 10.2. The molecule has 0 radical (unpaired) electrons. The summed E-state index contributed by atoms with van der Waals surface area (Å²) in [5.74, 6) is 0.700. The third kappa shape index (κ3) is 2.75. The molecule has 1 N–H and O–H groups in total. The fraction of sp³-hybridized carbons (Fsp3) is 0.111. The predicted octanol–water partition coefficient (Wildman–Crippen LogP) is 2.83. The molecule has 1 aromatic heterocycles. The molecular formula is C9H7ClN4O2S. The number of nitrogens with one attached hydrogen (secondary N) is 1. The van der Waals surface area contributed by atoms with Gasteiger partial charge in [-0.05, 0) is 24.8 Å². The Morgan fingerprint density at radius 3 is 2.82 bits per heavy atom. The van der Waals surface area contributed by atoms with Gasteiger partial charge in [-0.2, -0.15) is 0 Å². The minimum absolute atomic E-state index is 0.0366. The van der Waals surface area contributed by atoms with Gasteiger partial charge in [-0.1, -0.05) is 11.6 Å². The van der Waals surface area contributed by atoms with E-state index in [9.17, 15) is 10.1 Å². The summed E-state index contributed by atoms with van der Waals surface area (Å²) in [7, 11) is 0. The molecule has 0 saturated carbocycles. The van der Waals surface area contributed by atoms with Crippen LogP contribution in [0.25, 0.3) is 0 Å². The van der Waals surface area contributed by atoms with Crippen LogP contribution in [-0.2, 0) is 0 Å². The second-order valence-electron chi connectivity index (χ2n) is 3.18. The van der Waals surface area contributed by atoms with Gasteiger partial charge in [0, 0.05) is 17.0 Å². The summed E-state index contributed by atoms with van der Waals surface area (Å²) in [6.07, 6.45) is 0. The highest BCUT2D eigenvalue weighted by Crippen LogP contribution is 2.33. The van der Waals surface area contributed by atoms with Crippen molar-refractivity contribution in [3.8, 4) is 0 Å². The van der Waals surface area contributed by atoms with Crippen LogP contribution in [0.4, 0.5) is 5.69 Å². The van der Waals surface area contributed by atoms with Crippen LogP contribution < -0.4 is 0 Å². The Balaban J connectivity index is 2.25.